The number of carboxylic acid groups (broad SMARTS) is 1. The summed E-state index contributed by atoms with van der Waals surface area (Å²) in [6.45, 7) is 0. The van der Waals surface area contributed by atoms with Crippen molar-refractivity contribution in [3.05, 3.63) is 40.9 Å². The van der Waals surface area contributed by atoms with Crippen molar-refractivity contribution in [2.45, 2.75) is 0 Å². The number of hydrogen-bond donors (Lipinski definition) is 1. The Morgan fingerprint density at radius 1 is 1.36 bits per heavy atom. The Hall–Kier alpha value is -1.61. The van der Waals surface area contributed by atoms with Crippen LogP contribution in [0.15, 0.2) is 30.3 Å². The van der Waals surface area contributed by atoms with E-state index in [4.69, 9.17) is 16.7 Å². The van der Waals surface area contributed by atoms with Crippen molar-refractivity contribution in [3.8, 4) is 0 Å². The molecule has 0 atom stereocenters. The first-order valence-corrected chi connectivity index (χ1v) is 4.18. The molecule has 4 heteroatoms. The molecule has 14 heavy (non-hydrogen) atoms. The lowest BCUT2D eigenvalue weighted by Gasteiger charge is -1.92. The lowest BCUT2D eigenvalue weighted by molar-refractivity contribution is -0.146. The van der Waals surface area contributed by atoms with Crippen LogP contribution in [0.3, 0.4) is 0 Å². The summed E-state index contributed by atoms with van der Waals surface area (Å²) in [4.78, 5) is 20.8. The quantitative estimate of drug-likeness (QED) is 0.613. The molecule has 0 saturated carbocycles. The molecule has 0 aliphatic carbocycles. The second-order valence-corrected chi connectivity index (χ2v) is 2.99. The van der Waals surface area contributed by atoms with Gasteiger partial charge in [-0.1, -0.05) is 29.8 Å². The fourth-order valence-corrected chi connectivity index (χ4v) is 1.05. The molecule has 0 spiro atoms. The maximum atomic E-state index is 10.7. The summed E-state index contributed by atoms with van der Waals surface area (Å²) in [5, 5.41) is 8.82. The molecular formula is C10H7ClO3. The molecule has 0 unspecified atom stereocenters. The second-order valence-electron chi connectivity index (χ2n) is 2.56. The molecule has 0 bridgehead atoms. The zero-order chi connectivity index (χ0) is 10.6. The fraction of sp³-hybridized carbons (Fsp3) is 0. The summed E-state index contributed by atoms with van der Waals surface area (Å²) in [5.74, 6) is -2.42. The fourth-order valence-electron chi connectivity index (χ4n) is 0.853. The van der Waals surface area contributed by atoms with Crippen LogP contribution in [0, 0.1) is 0 Å². The maximum absolute atomic E-state index is 10.7. The zero-order valence-electron chi connectivity index (χ0n) is 7.11. The number of hydrogen-bond acceptors (Lipinski definition) is 2. The van der Waals surface area contributed by atoms with E-state index in [1.54, 1.807) is 24.3 Å². The van der Waals surface area contributed by atoms with Gasteiger partial charge in [0.25, 0.3) is 5.78 Å². The number of carbonyl (C=O) groups is 2. The predicted octanol–water partition coefficient (Wildman–Crippen LogP) is 2.01. The first kappa shape index (κ1) is 10.5. The van der Waals surface area contributed by atoms with Crippen molar-refractivity contribution in [1.29, 1.82) is 0 Å². The highest BCUT2D eigenvalue weighted by Crippen LogP contribution is 2.11. The Bertz CT molecular complexity index is 396. The van der Waals surface area contributed by atoms with Gasteiger partial charge < -0.3 is 5.11 Å². The third-order valence-corrected chi connectivity index (χ3v) is 1.72. The van der Waals surface area contributed by atoms with E-state index >= 15 is 0 Å². The topological polar surface area (TPSA) is 54.4 Å². The van der Waals surface area contributed by atoms with Crippen LogP contribution < -0.4 is 0 Å². The van der Waals surface area contributed by atoms with Crippen LogP contribution in [0.4, 0.5) is 0 Å². The molecule has 1 N–H and O–H groups in total. The van der Waals surface area contributed by atoms with Crippen LogP contribution in [-0.2, 0) is 9.59 Å². The molecule has 3 nitrogen and oxygen atoms in total. The molecule has 0 aromatic heterocycles. The van der Waals surface area contributed by atoms with E-state index in [0.29, 0.717) is 10.6 Å². The number of rotatable bonds is 3. The Morgan fingerprint density at radius 2 is 2.07 bits per heavy atom. The minimum Gasteiger partial charge on any atom is -0.475 e. The molecule has 1 rings (SSSR count). The van der Waals surface area contributed by atoms with Crippen molar-refractivity contribution in [3.63, 3.8) is 0 Å². The second kappa shape index (κ2) is 4.58. The van der Waals surface area contributed by atoms with E-state index in [9.17, 15) is 9.59 Å². The molecule has 0 saturated heterocycles. The van der Waals surface area contributed by atoms with E-state index in [2.05, 4.69) is 0 Å². The maximum Gasteiger partial charge on any atom is 0.376 e. The highest BCUT2D eigenvalue weighted by molar-refractivity contribution is 6.38. The number of halogens is 1. The molecule has 0 fully saturated rings. The molecule has 0 amide bonds. The van der Waals surface area contributed by atoms with Crippen molar-refractivity contribution >= 4 is 29.4 Å². The highest BCUT2D eigenvalue weighted by Gasteiger charge is 2.05. The van der Waals surface area contributed by atoms with Gasteiger partial charge in [0.2, 0.25) is 0 Å². The van der Waals surface area contributed by atoms with Crippen molar-refractivity contribution < 1.29 is 14.7 Å². The predicted molar refractivity (Wildman–Crippen MR) is 53.1 cm³/mol. The van der Waals surface area contributed by atoms with Gasteiger partial charge in [0.05, 0.1) is 0 Å². The normalized spacial score (nSPS) is 10.4. The van der Waals surface area contributed by atoms with E-state index < -0.39 is 11.8 Å². The molecule has 0 aliphatic heterocycles. The molecular weight excluding hydrogens is 204 g/mol. The Morgan fingerprint density at radius 3 is 2.64 bits per heavy atom. The van der Waals surface area contributed by atoms with Gasteiger partial charge in [-0.25, -0.2) is 4.79 Å². The average molecular weight is 211 g/mol. The van der Waals surface area contributed by atoms with Gasteiger partial charge in [-0.15, -0.1) is 0 Å². The number of carboxylic acids is 1. The summed E-state index contributed by atoms with van der Waals surface area (Å²) in [6.07, 6.45) is 2.40. The Balaban J connectivity index is 2.79. The Labute approximate surface area is 85.6 Å². The first-order valence-electron chi connectivity index (χ1n) is 3.80. The summed E-state index contributed by atoms with van der Waals surface area (Å²) in [5.41, 5.74) is 0.687. The third kappa shape index (κ3) is 3.03. The summed E-state index contributed by atoms with van der Waals surface area (Å²) < 4.78 is 0. The van der Waals surface area contributed by atoms with E-state index in [-0.39, 0.29) is 0 Å². The van der Waals surface area contributed by atoms with Crippen LogP contribution in [0.1, 0.15) is 5.56 Å². The summed E-state index contributed by atoms with van der Waals surface area (Å²) >= 11 is 5.69. The van der Waals surface area contributed by atoms with Gasteiger partial charge >= 0.3 is 5.97 Å². The van der Waals surface area contributed by atoms with Crippen molar-refractivity contribution in [1.82, 2.24) is 0 Å². The molecule has 1 aromatic rings. The minimum absolute atomic E-state index is 0.537. The van der Waals surface area contributed by atoms with Crippen LogP contribution in [-0.4, -0.2) is 16.9 Å². The van der Waals surface area contributed by atoms with Gasteiger partial charge in [0.1, 0.15) is 0 Å². The number of ketones is 1. The van der Waals surface area contributed by atoms with Gasteiger partial charge in [-0.3, -0.25) is 4.79 Å². The lowest BCUT2D eigenvalue weighted by atomic mass is 10.2. The first-order chi connectivity index (χ1) is 6.59. The van der Waals surface area contributed by atoms with Gasteiger partial charge in [-0.2, -0.15) is 0 Å². The van der Waals surface area contributed by atoms with E-state index in [1.165, 1.54) is 6.08 Å². The number of aliphatic carboxylic acids is 1. The molecule has 72 valence electrons. The molecule has 0 aliphatic rings. The van der Waals surface area contributed by atoms with Crippen molar-refractivity contribution in [2.75, 3.05) is 0 Å². The standard InChI is InChI=1S/C10H7ClO3/c11-8-3-1-2-7(6-8)4-5-9(12)10(13)14/h1-6H,(H,13,14)/b5-4+. The largest absolute Gasteiger partial charge is 0.475 e. The summed E-state index contributed by atoms with van der Waals surface area (Å²) in [7, 11) is 0. The minimum atomic E-state index is -1.47. The third-order valence-electron chi connectivity index (χ3n) is 1.49. The average Bonchev–Trinajstić information content (AvgIpc) is 2.14. The lowest BCUT2D eigenvalue weighted by Crippen LogP contribution is -2.08. The zero-order valence-corrected chi connectivity index (χ0v) is 7.86. The van der Waals surface area contributed by atoms with Crippen LogP contribution in [0.25, 0.3) is 6.08 Å². The SMILES string of the molecule is O=C(O)C(=O)/C=C/c1cccc(Cl)c1. The van der Waals surface area contributed by atoms with Gasteiger partial charge in [0.15, 0.2) is 0 Å². The molecule has 1 aromatic carbocycles. The number of benzene rings is 1. The van der Waals surface area contributed by atoms with Gasteiger partial charge in [0, 0.05) is 5.02 Å². The van der Waals surface area contributed by atoms with Crippen LogP contribution in [0.2, 0.25) is 5.02 Å². The van der Waals surface area contributed by atoms with E-state index in [1.807, 2.05) is 0 Å². The monoisotopic (exact) mass is 210 g/mol. The van der Waals surface area contributed by atoms with Crippen LogP contribution in [0.5, 0.6) is 0 Å². The van der Waals surface area contributed by atoms with Gasteiger partial charge in [-0.05, 0) is 23.8 Å². The van der Waals surface area contributed by atoms with Crippen LogP contribution >= 0.6 is 11.6 Å². The Kier molecular flexibility index (Phi) is 3.42. The molecule has 0 heterocycles. The van der Waals surface area contributed by atoms with Crippen molar-refractivity contribution in [2.24, 2.45) is 0 Å². The number of carbonyl (C=O) groups excluding carboxylic acids is 1. The highest BCUT2D eigenvalue weighted by atomic mass is 35.5. The summed E-state index contributed by atoms with van der Waals surface area (Å²) in [6, 6.07) is 6.76. The molecule has 0 radical (unpaired) electrons. The smallest absolute Gasteiger partial charge is 0.376 e. The van der Waals surface area contributed by atoms with E-state index in [0.717, 1.165) is 6.08 Å².